The van der Waals surface area contributed by atoms with Gasteiger partial charge in [-0.05, 0) is 30.9 Å². The van der Waals surface area contributed by atoms with E-state index < -0.39 is 11.8 Å². The summed E-state index contributed by atoms with van der Waals surface area (Å²) in [6.07, 6.45) is 2.09. The monoisotopic (exact) mass is 367 g/mol. The number of pyridine rings is 2. The summed E-state index contributed by atoms with van der Waals surface area (Å²) in [7, 11) is 1.98. The third kappa shape index (κ3) is 2.69. The van der Waals surface area contributed by atoms with Crippen LogP contribution in [0, 0.1) is 25.6 Å². The molecule has 5 heteroatoms. The summed E-state index contributed by atoms with van der Waals surface area (Å²) in [6.45, 7) is 8.39. The summed E-state index contributed by atoms with van der Waals surface area (Å²) in [4.78, 5) is 3.74. The van der Waals surface area contributed by atoms with Crippen LogP contribution in [0.1, 0.15) is 36.5 Å². The van der Waals surface area contributed by atoms with Gasteiger partial charge in [0.1, 0.15) is 12.9 Å². The molecule has 4 aromatic rings. The molecule has 0 bridgehead atoms. The van der Waals surface area contributed by atoms with Gasteiger partial charge in [-0.1, -0.05) is 26.0 Å². The van der Waals surface area contributed by atoms with Crippen LogP contribution in [0.5, 0.6) is 0 Å². The molecular weight excluding hydrogens is 346 g/mol. The number of rotatable bonds is 2. The molecule has 0 aliphatic rings. The average Bonchev–Trinajstić information content (AvgIpc) is 2.93. The van der Waals surface area contributed by atoms with Crippen molar-refractivity contribution in [2.24, 2.45) is 7.05 Å². The van der Waals surface area contributed by atoms with Crippen molar-refractivity contribution < 1.29 is 17.8 Å². The minimum atomic E-state index is -0.889. The summed E-state index contributed by atoms with van der Waals surface area (Å²) in [6, 6.07) is 6.68. The highest BCUT2D eigenvalue weighted by molar-refractivity contribution is 6.09. The average molecular weight is 367 g/mol. The molecule has 3 nitrogen and oxygen atoms in total. The molecule has 3 aromatic heterocycles. The number of nitrogens with zero attached hydrogens (tertiary/aromatic N) is 2. The van der Waals surface area contributed by atoms with E-state index >= 15 is 0 Å². The topological polar surface area (TPSA) is 29.9 Å². The van der Waals surface area contributed by atoms with Gasteiger partial charge in [-0.3, -0.25) is 0 Å². The molecule has 4 rings (SSSR count). The van der Waals surface area contributed by atoms with Crippen molar-refractivity contribution in [3.8, 4) is 11.3 Å². The van der Waals surface area contributed by atoms with E-state index in [1.54, 1.807) is 6.07 Å². The molecule has 3 heterocycles. The first-order chi connectivity index (χ1) is 12.8. The number of hydrogen-bond acceptors (Lipinski definition) is 2. The zero-order valence-corrected chi connectivity index (χ0v) is 16.0. The largest absolute Gasteiger partial charge is 0.437 e. The van der Waals surface area contributed by atoms with Gasteiger partial charge in [-0.2, -0.15) is 9.37 Å². The van der Waals surface area contributed by atoms with Crippen LogP contribution in [0.4, 0.5) is 8.78 Å². The molecular formula is C22H21F2N2O+. The highest BCUT2D eigenvalue weighted by Gasteiger charge is 2.24. The molecule has 0 saturated carbocycles. The van der Waals surface area contributed by atoms with E-state index in [0.29, 0.717) is 16.9 Å². The molecule has 0 N–H and O–H groups in total. The van der Waals surface area contributed by atoms with Crippen molar-refractivity contribution in [1.29, 1.82) is 0 Å². The van der Waals surface area contributed by atoms with Crippen LogP contribution in [-0.2, 0) is 7.05 Å². The maximum Gasteiger partial charge on any atom is 0.232 e. The number of aromatic nitrogens is 2. The fourth-order valence-corrected chi connectivity index (χ4v) is 3.85. The molecule has 0 amide bonds. The summed E-state index contributed by atoms with van der Waals surface area (Å²) < 4.78 is 35.9. The molecule has 1 aromatic carbocycles. The Bertz CT molecular complexity index is 1210. The van der Waals surface area contributed by atoms with E-state index in [1.165, 1.54) is 11.1 Å². The van der Waals surface area contributed by atoms with Gasteiger partial charge in [0.25, 0.3) is 0 Å². The normalized spacial score (nSPS) is 11.9. The third-order valence-electron chi connectivity index (χ3n) is 5.13. The lowest BCUT2D eigenvalue weighted by molar-refractivity contribution is -0.660. The number of hydrogen-bond donors (Lipinski definition) is 0. The quantitative estimate of drug-likeness (QED) is 0.346. The molecule has 27 heavy (non-hydrogen) atoms. The standard InChI is InChI=1S/C22H21F2N2O/c1-11(2)15-8-17(26(5)10-13(15)4)19-12(3)6-7-14-20-16(23)9-18(24)25-22(20)27-21(14)19/h6-11H,1-5H3/q+1. The van der Waals surface area contributed by atoms with Crippen LogP contribution >= 0.6 is 0 Å². The lowest BCUT2D eigenvalue weighted by Gasteiger charge is -2.12. The summed E-state index contributed by atoms with van der Waals surface area (Å²) in [5.41, 5.74) is 5.79. The molecule has 0 radical (unpaired) electrons. The minimum absolute atomic E-state index is 0.0202. The third-order valence-corrected chi connectivity index (χ3v) is 5.13. The van der Waals surface area contributed by atoms with Gasteiger partial charge in [0.05, 0.1) is 10.9 Å². The predicted octanol–water partition coefficient (Wildman–Crippen LogP) is 5.49. The number of halogens is 2. The number of furan rings is 1. The Labute approximate surface area is 156 Å². The zero-order chi connectivity index (χ0) is 19.5. The van der Waals surface area contributed by atoms with Gasteiger partial charge in [-0.15, -0.1) is 0 Å². The molecule has 0 fully saturated rings. The van der Waals surface area contributed by atoms with E-state index in [-0.39, 0.29) is 11.1 Å². The van der Waals surface area contributed by atoms with Crippen molar-refractivity contribution >= 4 is 22.1 Å². The van der Waals surface area contributed by atoms with Crippen molar-refractivity contribution in [2.75, 3.05) is 0 Å². The van der Waals surface area contributed by atoms with Crippen LogP contribution in [-0.4, -0.2) is 4.98 Å². The van der Waals surface area contributed by atoms with Crippen LogP contribution < -0.4 is 4.57 Å². The van der Waals surface area contributed by atoms with Gasteiger partial charge in [0, 0.05) is 23.1 Å². The van der Waals surface area contributed by atoms with Crippen molar-refractivity contribution in [3.63, 3.8) is 0 Å². The Kier molecular flexibility index (Phi) is 3.98. The Morgan fingerprint density at radius 1 is 1.07 bits per heavy atom. The molecule has 138 valence electrons. The van der Waals surface area contributed by atoms with Crippen LogP contribution in [0.25, 0.3) is 33.3 Å². The highest BCUT2D eigenvalue weighted by Crippen LogP contribution is 2.38. The first-order valence-corrected chi connectivity index (χ1v) is 8.96. The van der Waals surface area contributed by atoms with Crippen molar-refractivity contribution in [3.05, 3.63) is 58.9 Å². The first kappa shape index (κ1) is 17.6. The molecule has 0 saturated heterocycles. The van der Waals surface area contributed by atoms with Crippen LogP contribution in [0.2, 0.25) is 0 Å². The van der Waals surface area contributed by atoms with Crippen molar-refractivity contribution in [2.45, 2.75) is 33.6 Å². The summed E-state index contributed by atoms with van der Waals surface area (Å²) in [5, 5.41) is 0.814. The second-order valence-corrected chi connectivity index (χ2v) is 7.41. The number of benzene rings is 1. The van der Waals surface area contributed by atoms with E-state index in [1.807, 2.05) is 24.6 Å². The predicted molar refractivity (Wildman–Crippen MR) is 102 cm³/mol. The Hall–Kier alpha value is -2.82. The van der Waals surface area contributed by atoms with Gasteiger partial charge >= 0.3 is 0 Å². The SMILES string of the molecule is Cc1c[n+](C)c(-c2c(C)ccc3c2oc2nc(F)cc(F)c23)cc1C(C)C. The second-order valence-electron chi connectivity index (χ2n) is 7.41. The van der Waals surface area contributed by atoms with Gasteiger partial charge in [-0.25, -0.2) is 8.96 Å². The minimum Gasteiger partial charge on any atom is -0.437 e. The molecule has 0 unspecified atom stereocenters. The van der Waals surface area contributed by atoms with Crippen LogP contribution in [0.15, 0.2) is 34.9 Å². The van der Waals surface area contributed by atoms with Crippen LogP contribution in [0.3, 0.4) is 0 Å². The molecule has 0 spiro atoms. The number of aryl methyl sites for hydroxylation is 3. The molecule has 0 atom stereocenters. The maximum atomic E-state index is 14.4. The zero-order valence-electron chi connectivity index (χ0n) is 16.0. The Morgan fingerprint density at radius 3 is 2.52 bits per heavy atom. The van der Waals surface area contributed by atoms with Gasteiger partial charge < -0.3 is 4.42 Å². The van der Waals surface area contributed by atoms with Gasteiger partial charge in [0.2, 0.25) is 17.4 Å². The maximum absolute atomic E-state index is 14.4. The van der Waals surface area contributed by atoms with E-state index in [9.17, 15) is 8.78 Å². The second kappa shape index (κ2) is 6.12. The Morgan fingerprint density at radius 2 is 1.81 bits per heavy atom. The smallest absolute Gasteiger partial charge is 0.232 e. The fourth-order valence-electron chi connectivity index (χ4n) is 3.85. The first-order valence-electron chi connectivity index (χ1n) is 8.96. The van der Waals surface area contributed by atoms with Gasteiger partial charge in [0.15, 0.2) is 11.8 Å². The molecule has 0 aliphatic heterocycles. The summed E-state index contributed by atoms with van der Waals surface area (Å²) in [5.74, 6) is -1.18. The lowest BCUT2D eigenvalue weighted by Crippen LogP contribution is -2.32. The summed E-state index contributed by atoms with van der Waals surface area (Å²) >= 11 is 0. The lowest BCUT2D eigenvalue weighted by atomic mass is 9.94. The van der Waals surface area contributed by atoms with E-state index in [2.05, 4.69) is 38.0 Å². The Balaban J connectivity index is 2.13. The number of fused-ring (bicyclic) bond motifs is 3. The highest BCUT2D eigenvalue weighted by atomic mass is 19.1. The van der Waals surface area contributed by atoms with Crippen molar-refractivity contribution in [1.82, 2.24) is 4.98 Å². The van der Waals surface area contributed by atoms with E-state index in [4.69, 9.17) is 4.42 Å². The van der Waals surface area contributed by atoms with E-state index in [0.717, 1.165) is 22.9 Å². The molecule has 0 aliphatic carbocycles. The fraction of sp³-hybridized carbons (Fsp3) is 0.273.